The lowest BCUT2D eigenvalue weighted by Gasteiger charge is -2.21. The van der Waals surface area contributed by atoms with Gasteiger partial charge in [0.15, 0.2) is 6.10 Å². The van der Waals surface area contributed by atoms with Crippen LogP contribution in [0.3, 0.4) is 0 Å². The summed E-state index contributed by atoms with van der Waals surface area (Å²) in [6, 6.07) is 23.2. The number of hydrogen-bond acceptors (Lipinski definition) is 5. The van der Waals surface area contributed by atoms with Crippen molar-refractivity contribution in [1.82, 2.24) is 14.5 Å². The minimum atomic E-state index is -0.935. The molecule has 34 heavy (non-hydrogen) atoms. The molecule has 0 aliphatic carbocycles. The Morgan fingerprint density at radius 1 is 0.971 bits per heavy atom. The maximum Gasteiger partial charge on any atom is 0.338 e. The predicted molar refractivity (Wildman–Crippen MR) is 130 cm³/mol. The number of ether oxygens (including phenoxy) is 1. The molecule has 0 aliphatic rings. The first kappa shape index (κ1) is 22.9. The summed E-state index contributed by atoms with van der Waals surface area (Å²) >= 11 is 0. The molecule has 3 aromatic carbocycles. The van der Waals surface area contributed by atoms with E-state index >= 15 is 0 Å². The van der Waals surface area contributed by atoms with Gasteiger partial charge in [-0.25, -0.2) is 9.78 Å². The van der Waals surface area contributed by atoms with Crippen LogP contribution in [0.15, 0.2) is 83.7 Å². The summed E-state index contributed by atoms with van der Waals surface area (Å²) < 4.78 is 6.90. The average Bonchev–Trinajstić information content (AvgIpc) is 2.84. The molecular formula is C27H25N3O4. The Kier molecular flexibility index (Phi) is 6.54. The molecule has 0 radical (unpaired) electrons. The summed E-state index contributed by atoms with van der Waals surface area (Å²) in [4.78, 5) is 44.3. The first-order chi connectivity index (χ1) is 16.3. The molecule has 0 saturated carbocycles. The number of carbonyl (C=O) groups is 2. The monoisotopic (exact) mass is 455 g/mol. The van der Waals surface area contributed by atoms with Crippen LogP contribution in [0.5, 0.6) is 0 Å². The molecule has 7 nitrogen and oxygen atoms in total. The standard InChI is InChI=1S/C27H25N3O4/c1-18(25(31)29(3)17-20-9-5-4-6-10-20)34-27(33)21-13-15-22(16-14-21)30-19(2)28-24-12-8-7-11-23(24)26(30)32/h4-16,18H,17H2,1-3H3. The third-order valence-corrected chi connectivity index (χ3v) is 5.57. The van der Waals surface area contributed by atoms with Gasteiger partial charge in [0.05, 0.1) is 22.2 Å². The SMILES string of the molecule is Cc1nc2ccccc2c(=O)n1-c1ccc(C(=O)OC(C)C(=O)N(C)Cc2ccccc2)cc1. The van der Waals surface area contributed by atoms with Gasteiger partial charge in [0.2, 0.25) is 0 Å². The van der Waals surface area contributed by atoms with E-state index in [4.69, 9.17) is 4.74 Å². The van der Waals surface area contributed by atoms with E-state index in [-0.39, 0.29) is 17.0 Å². The van der Waals surface area contributed by atoms with Crippen molar-refractivity contribution in [3.8, 4) is 5.69 Å². The van der Waals surface area contributed by atoms with Crippen LogP contribution in [-0.4, -0.2) is 39.5 Å². The number of hydrogen-bond donors (Lipinski definition) is 0. The van der Waals surface area contributed by atoms with E-state index in [2.05, 4.69) is 4.98 Å². The summed E-state index contributed by atoms with van der Waals surface area (Å²) in [5.74, 6) is -0.362. The molecule has 7 heteroatoms. The van der Waals surface area contributed by atoms with Crippen LogP contribution in [0.2, 0.25) is 0 Å². The van der Waals surface area contributed by atoms with Gasteiger partial charge >= 0.3 is 5.97 Å². The molecule has 1 aromatic heterocycles. The van der Waals surface area contributed by atoms with Crippen molar-refractivity contribution in [2.75, 3.05) is 7.05 Å². The number of likely N-dealkylation sites (N-methyl/N-ethyl adjacent to an activating group) is 1. The highest BCUT2D eigenvalue weighted by Crippen LogP contribution is 2.15. The van der Waals surface area contributed by atoms with E-state index in [9.17, 15) is 14.4 Å². The van der Waals surface area contributed by atoms with Crippen LogP contribution in [0.4, 0.5) is 0 Å². The Hall–Kier alpha value is -4.26. The maximum atomic E-state index is 13.0. The highest BCUT2D eigenvalue weighted by Gasteiger charge is 2.22. The largest absolute Gasteiger partial charge is 0.449 e. The van der Waals surface area contributed by atoms with Crippen LogP contribution < -0.4 is 5.56 Å². The molecule has 1 heterocycles. The van der Waals surface area contributed by atoms with Gasteiger partial charge < -0.3 is 9.64 Å². The van der Waals surface area contributed by atoms with Gasteiger partial charge in [-0.15, -0.1) is 0 Å². The molecule has 0 saturated heterocycles. The summed E-state index contributed by atoms with van der Waals surface area (Å²) in [5, 5.41) is 0.517. The fourth-order valence-electron chi connectivity index (χ4n) is 3.82. The van der Waals surface area contributed by atoms with Crippen LogP contribution in [0, 0.1) is 6.92 Å². The van der Waals surface area contributed by atoms with Gasteiger partial charge in [-0.2, -0.15) is 0 Å². The molecule has 1 unspecified atom stereocenters. The third kappa shape index (κ3) is 4.73. The van der Waals surface area contributed by atoms with Crippen LogP contribution in [0.1, 0.15) is 28.7 Å². The van der Waals surface area contributed by atoms with E-state index in [1.165, 1.54) is 9.47 Å². The van der Waals surface area contributed by atoms with Gasteiger partial charge in [-0.1, -0.05) is 42.5 Å². The van der Waals surface area contributed by atoms with Gasteiger partial charge in [0, 0.05) is 13.6 Å². The Labute approximate surface area is 197 Å². The quantitative estimate of drug-likeness (QED) is 0.412. The molecule has 172 valence electrons. The second kappa shape index (κ2) is 9.70. The zero-order valence-corrected chi connectivity index (χ0v) is 19.3. The Morgan fingerprint density at radius 3 is 2.32 bits per heavy atom. The number of benzene rings is 3. The summed E-state index contributed by atoms with van der Waals surface area (Å²) in [5.41, 5.74) is 2.32. The minimum Gasteiger partial charge on any atom is -0.449 e. The van der Waals surface area contributed by atoms with Gasteiger partial charge in [-0.05, 0) is 55.8 Å². The van der Waals surface area contributed by atoms with Crippen molar-refractivity contribution < 1.29 is 14.3 Å². The molecule has 0 spiro atoms. The number of amides is 1. The van der Waals surface area contributed by atoms with Crippen molar-refractivity contribution in [1.29, 1.82) is 0 Å². The second-order valence-electron chi connectivity index (χ2n) is 8.09. The third-order valence-electron chi connectivity index (χ3n) is 5.57. The first-order valence-corrected chi connectivity index (χ1v) is 10.9. The number of aryl methyl sites for hydroxylation is 1. The van der Waals surface area contributed by atoms with E-state index in [1.807, 2.05) is 36.4 Å². The smallest absolute Gasteiger partial charge is 0.338 e. The topological polar surface area (TPSA) is 81.5 Å². The van der Waals surface area contributed by atoms with Gasteiger partial charge in [0.25, 0.3) is 11.5 Å². The second-order valence-corrected chi connectivity index (χ2v) is 8.09. The van der Waals surface area contributed by atoms with Gasteiger partial charge in [-0.3, -0.25) is 14.2 Å². The molecule has 4 aromatic rings. The lowest BCUT2D eigenvalue weighted by molar-refractivity contribution is -0.139. The normalized spacial score (nSPS) is 11.7. The molecule has 1 amide bonds. The van der Waals surface area contributed by atoms with Crippen molar-refractivity contribution in [2.45, 2.75) is 26.5 Å². The zero-order chi connectivity index (χ0) is 24.2. The Bertz CT molecular complexity index is 1400. The number of fused-ring (bicyclic) bond motifs is 1. The summed E-state index contributed by atoms with van der Waals surface area (Å²) in [6.45, 7) is 3.74. The number of para-hydroxylation sites is 1. The number of aromatic nitrogens is 2. The van der Waals surface area contributed by atoms with Crippen molar-refractivity contribution in [3.05, 3.63) is 106 Å². The van der Waals surface area contributed by atoms with E-state index in [1.54, 1.807) is 63.4 Å². The van der Waals surface area contributed by atoms with Crippen molar-refractivity contribution in [2.24, 2.45) is 0 Å². The number of rotatable bonds is 6. The summed E-state index contributed by atoms with van der Waals surface area (Å²) in [7, 11) is 1.67. The molecule has 1 atom stereocenters. The Morgan fingerprint density at radius 2 is 1.62 bits per heavy atom. The van der Waals surface area contributed by atoms with Crippen molar-refractivity contribution >= 4 is 22.8 Å². The number of nitrogens with zero attached hydrogens (tertiary/aromatic N) is 3. The summed E-state index contributed by atoms with van der Waals surface area (Å²) in [6.07, 6.45) is -0.935. The van der Waals surface area contributed by atoms with Gasteiger partial charge in [0.1, 0.15) is 5.82 Å². The highest BCUT2D eigenvalue weighted by molar-refractivity contribution is 5.92. The van der Waals surface area contributed by atoms with Crippen LogP contribution in [0.25, 0.3) is 16.6 Å². The van der Waals surface area contributed by atoms with E-state index in [0.717, 1.165) is 5.56 Å². The maximum absolute atomic E-state index is 13.0. The molecule has 0 aliphatic heterocycles. The first-order valence-electron chi connectivity index (χ1n) is 10.9. The van der Waals surface area contributed by atoms with Crippen molar-refractivity contribution in [3.63, 3.8) is 0 Å². The number of esters is 1. The zero-order valence-electron chi connectivity index (χ0n) is 19.3. The molecule has 0 N–H and O–H groups in total. The Balaban J connectivity index is 1.47. The number of carbonyl (C=O) groups excluding carboxylic acids is 2. The highest BCUT2D eigenvalue weighted by atomic mass is 16.5. The minimum absolute atomic E-state index is 0.181. The fourth-order valence-corrected chi connectivity index (χ4v) is 3.82. The van der Waals surface area contributed by atoms with E-state index < -0.39 is 12.1 Å². The molecule has 4 rings (SSSR count). The molecule has 0 fully saturated rings. The van der Waals surface area contributed by atoms with E-state index in [0.29, 0.717) is 29.0 Å². The fraction of sp³-hybridized carbons (Fsp3) is 0.185. The average molecular weight is 456 g/mol. The molecule has 0 bridgehead atoms. The van der Waals surface area contributed by atoms with Crippen LogP contribution >= 0.6 is 0 Å². The lowest BCUT2D eigenvalue weighted by atomic mass is 10.2. The molecular weight excluding hydrogens is 430 g/mol. The van der Waals surface area contributed by atoms with Crippen LogP contribution in [-0.2, 0) is 16.1 Å². The predicted octanol–water partition coefficient (Wildman–Crippen LogP) is 3.90. The lowest BCUT2D eigenvalue weighted by Crippen LogP contribution is -2.37.